The highest BCUT2D eigenvalue weighted by molar-refractivity contribution is 5.57. The minimum absolute atomic E-state index is 0.373. The standard InChI is InChI=1S/C18H25N5/c1-13(2)16-11-17(21-12-14-3-7-19-8-4-14)23-18(22-16)15-5-9-20-10-6-15/h5-6,9-11,13-14,19H,3-4,7-8,12H2,1-2H3,(H,21,22,23). The van der Waals surface area contributed by atoms with E-state index in [2.05, 4.69) is 35.5 Å². The van der Waals surface area contributed by atoms with Crippen molar-refractivity contribution in [2.24, 2.45) is 5.92 Å². The SMILES string of the molecule is CC(C)c1cc(NCC2CCNCC2)nc(-c2ccncc2)n1. The molecule has 0 amide bonds. The molecule has 1 fully saturated rings. The van der Waals surface area contributed by atoms with Gasteiger partial charge in [-0.05, 0) is 49.9 Å². The Morgan fingerprint density at radius 1 is 1.17 bits per heavy atom. The lowest BCUT2D eigenvalue weighted by molar-refractivity contribution is 0.389. The Kier molecular flexibility index (Phi) is 5.18. The fraction of sp³-hybridized carbons (Fsp3) is 0.500. The predicted molar refractivity (Wildman–Crippen MR) is 93.4 cm³/mol. The third-order valence-electron chi connectivity index (χ3n) is 4.31. The van der Waals surface area contributed by atoms with Crippen LogP contribution in [0.1, 0.15) is 38.3 Å². The molecule has 0 bridgehead atoms. The normalized spacial score (nSPS) is 15.8. The van der Waals surface area contributed by atoms with Crippen molar-refractivity contribution in [3.05, 3.63) is 36.3 Å². The second-order valence-electron chi connectivity index (χ2n) is 6.47. The molecule has 1 aliphatic heterocycles. The van der Waals surface area contributed by atoms with Crippen molar-refractivity contribution in [2.45, 2.75) is 32.6 Å². The monoisotopic (exact) mass is 311 g/mol. The Labute approximate surface area is 138 Å². The summed E-state index contributed by atoms with van der Waals surface area (Å²) in [5.74, 6) is 2.79. The zero-order valence-electron chi connectivity index (χ0n) is 13.9. The van der Waals surface area contributed by atoms with E-state index in [1.54, 1.807) is 12.4 Å². The Hall–Kier alpha value is -2.01. The van der Waals surface area contributed by atoms with Gasteiger partial charge in [0.1, 0.15) is 5.82 Å². The highest BCUT2D eigenvalue weighted by Gasteiger charge is 2.14. The van der Waals surface area contributed by atoms with Crippen molar-refractivity contribution in [3.8, 4) is 11.4 Å². The van der Waals surface area contributed by atoms with Gasteiger partial charge in [-0.2, -0.15) is 0 Å². The average molecular weight is 311 g/mol. The molecule has 3 rings (SSSR count). The van der Waals surface area contributed by atoms with E-state index < -0.39 is 0 Å². The quantitative estimate of drug-likeness (QED) is 0.888. The molecule has 5 nitrogen and oxygen atoms in total. The molecule has 0 aliphatic carbocycles. The van der Waals surface area contributed by atoms with Crippen LogP contribution in [0, 0.1) is 5.92 Å². The van der Waals surface area contributed by atoms with E-state index in [0.717, 1.165) is 48.5 Å². The summed E-state index contributed by atoms with van der Waals surface area (Å²) in [5.41, 5.74) is 2.08. The largest absolute Gasteiger partial charge is 0.370 e. The van der Waals surface area contributed by atoms with Gasteiger partial charge in [-0.25, -0.2) is 9.97 Å². The van der Waals surface area contributed by atoms with Crippen LogP contribution in [0.25, 0.3) is 11.4 Å². The number of aromatic nitrogens is 3. The van der Waals surface area contributed by atoms with E-state index in [9.17, 15) is 0 Å². The number of nitrogens with one attached hydrogen (secondary N) is 2. The maximum Gasteiger partial charge on any atom is 0.161 e. The van der Waals surface area contributed by atoms with Crippen LogP contribution in [0.5, 0.6) is 0 Å². The van der Waals surface area contributed by atoms with Gasteiger partial charge in [0.15, 0.2) is 5.82 Å². The molecule has 0 aromatic carbocycles. The summed E-state index contributed by atoms with van der Waals surface area (Å²) in [5, 5.41) is 6.93. The third kappa shape index (κ3) is 4.26. The molecule has 2 aromatic heterocycles. The maximum absolute atomic E-state index is 4.71. The highest BCUT2D eigenvalue weighted by Crippen LogP contribution is 2.22. The summed E-state index contributed by atoms with van der Waals surface area (Å²) in [6.07, 6.45) is 6.02. The van der Waals surface area contributed by atoms with Gasteiger partial charge in [0, 0.05) is 36.3 Å². The number of piperidine rings is 1. The number of nitrogens with zero attached hydrogens (tertiary/aromatic N) is 3. The van der Waals surface area contributed by atoms with Crippen LogP contribution in [0.4, 0.5) is 5.82 Å². The van der Waals surface area contributed by atoms with Crippen molar-refractivity contribution < 1.29 is 0 Å². The fourth-order valence-corrected chi connectivity index (χ4v) is 2.82. The molecule has 3 heterocycles. The van der Waals surface area contributed by atoms with Crippen molar-refractivity contribution >= 4 is 5.82 Å². The van der Waals surface area contributed by atoms with Crippen LogP contribution in [0.15, 0.2) is 30.6 Å². The number of rotatable bonds is 5. The zero-order chi connectivity index (χ0) is 16.1. The Morgan fingerprint density at radius 2 is 1.91 bits per heavy atom. The number of hydrogen-bond donors (Lipinski definition) is 2. The van der Waals surface area contributed by atoms with Gasteiger partial charge in [-0.15, -0.1) is 0 Å². The first kappa shape index (κ1) is 15.9. The molecular weight excluding hydrogens is 286 g/mol. The Bertz CT molecular complexity index is 621. The van der Waals surface area contributed by atoms with Gasteiger partial charge in [0.05, 0.1) is 0 Å². The molecule has 0 unspecified atom stereocenters. The summed E-state index contributed by atoms with van der Waals surface area (Å²) in [7, 11) is 0. The molecule has 0 atom stereocenters. The molecule has 1 aliphatic rings. The van der Waals surface area contributed by atoms with Crippen molar-refractivity contribution in [1.82, 2.24) is 20.3 Å². The summed E-state index contributed by atoms with van der Waals surface area (Å²) in [6, 6.07) is 5.99. The maximum atomic E-state index is 4.71. The average Bonchev–Trinajstić information content (AvgIpc) is 2.61. The molecule has 1 saturated heterocycles. The summed E-state index contributed by atoms with van der Waals surface area (Å²) < 4.78 is 0. The minimum atomic E-state index is 0.373. The molecule has 0 saturated carbocycles. The smallest absolute Gasteiger partial charge is 0.161 e. The van der Waals surface area contributed by atoms with Gasteiger partial charge in [-0.3, -0.25) is 4.98 Å². The fourth-order valence-electron chi connectivity index (χ4n) is 2.82. The lowest BCUT2D eigenvalue weighted by Gasteiger charge is -2.23. The first-order chi connectivity index (χ1) is 11.2. The summed E-state index contributed by atoms with van der Waals surface area (Å²) in [6.45, 7) is 7.54. The molecule has 2 aromatic rings. The number of anilines is 1. The molecule has 2 N–H and O–H groups in total. The molecule has 122 valence electrons. The Morgan fingerprint density at radius 3 is 2.61 bits per heavy atom. The zero-order valence-corrected chi connectivity index (χ0v) is 13.9. The van der Waals surface area contributed by atoms with Crippen molar-refractivity contribution in [1.29, 1.82) is 0 Å². The minimum Gasteiger partial charge on any atom is -0.370 e. The van der Waals surface area contributed by atoms with Gasteiger partial charge in [0.2, 0.25) is 0 Å². The van der Waals surface area contributed by atoms with Crippen LogP contribution in [-0.2, 0) is 0 Å². The predicted octanol–water partition coefficient (Wildman–Crippen LogP) is 3.07. The molecule has 0 radical (unpaired) electrons. The van der Waals surface area contributed by atoms with E-state index in [1.807, 2.05) is 12.1 Å². The van der Waals surface area contributed by atoms with Crippen molar-refractivity contribution in [3.63, 3.8) is 0 Å². The van der Waals surface area contributed by atoms with Crippen LogP contribution in [0.3, 0.4) is 0 Å². The third-order valence-corrected chi connectivity index (χ3v) is 4.31. The van der Waals surface area contributed by atoms with E-state index in [-0.39, 0.29) is 0 Å². The summed E-state index contributed by atoms with van der Waals surface area (Å²) >= 11 is 0. The van der Waals surface area contributed by atoms with Crippen LogP contribution < -0.4 is 10.6 Å². The second-order valence-corrected chi connectivity index (χ2v) is 6.47. The van der Waals surface area contributed by atoms with Crippen LogP contribution in [-0.4, -0.2) is 34.6 Å². The van der Waals surface area contributed by atoms with Gasteiger partial charge >= 0.3 is 0 Å². The highest BCUT2D eigenvalue weighted by atomic mass is 15.0. The van der Waals surface area contributed by atoms with Crippen LogP contribution in [0.2, 0.25) is 0 Å². The molecule has 5 heteroatoms. The Balaban J connectivity index is 1.79. The van der Waals surface area contributed by atoms with E-state index in [1.165, 1.54) is 12.8 Å². The molecular formula is C18H25N5. The van der Waals surface area contributed by atoms with Crippen LogP contribution >= 0.6 is 0 Å². The van der Waals surface area contributed by atoms with Crippen molar-refractivity contribution in [2.75, 3.05) is 25.0 Å². The number of pyridine rings is 1. The topological polar surface area (TPSA) is 62.7 Å². The lowest BCUT2D eigenvalue weighted by atomic mass is 9.98. The summed E-state index contributed by atoms with van der Waals surface area (Å²) in [4.78, 5) is 13.5. The first-order valence-electron chi connectivity index (χ1n) is 8.46. The molecule has 0 spiro atoms. The van der Waals surface area contributed by atoms with Gasteiger partial charge in [0.25, 0.3) is 0 Å². The first-order valence-corrected chi connectivity index (χ1v) is 8.46. The number of hydrogen-bond acceptors (Lipinski definition) is 5. The van der Waals surface area contributed by atoms with E-state index >= 15 is 0 Å². The van der Waals surface area contributed by atoms with Gasteiger partial charge in [-0.1, -0.05) is 13.8 Å². The van der Waals surface area contributed by atoms with Gasteiger partial charge < -0.3 is 10.6 Å². The lowest BCUT2D eigenvalue weighted by Crippen LogP contribution is -2.31. The van der Waals surface area contributed by atoms with E-state index in [4.69, 9.17) is 9.97 Å². The molecule has 23 heavy (non-hydrogen) atoms. The second kappa shape index (κ2) is 7.51. The van der Waals surface area contributed by atoms with E-state index in [0.29, 0.717) is 5.92 Å².